The van der Waals surface area contributed by atoms with Crippen molar-refractivity contribution in [2.24, 2.45) is 5.92 Å². The Hall–Kier alpha value is -3.25. The number of aliphatic hydroxyl groups excluding tert-OH is 5. The third-order valence-electron chi connectivity index (χ3n) is 10.6. The fourth-order valence-corrected chi connectivity index (χ4v) is 10.8. The van der Waals surface area contributed by atoms with Crippen LogP contribution in [0.5, 0.6) is 0 Å². The first-order valence-corrected chi connectivity index (χ1v) is 19.7. The van der Waals surface area contributed by atoms with Crippen LogP contribution < -0.4 is 10.2 Å². The van der Waals surface area contributed by atoms with Gasteiger partial charge >= 0.3 is 0 Å². The molecule has 1 spiro atoms. The highest BCUT2D eigenvalue weighted by atomic mass is 28.4. The van der Waals surface area contributed by atoms with Crippen molar-refractivity contribution >= 4 is 37.4 Å². The van der Waals surface area contributed by atoms with Gasteiger partial charge in [-0.25, -0.2) is 0 Å². The number of aliphatic hydroxyl groups is 5. The van der Waals surface area contributed by atoms with Crippen LogP contribution in [0, 0.1) is 5.92 Å². The molecule has 10 atom stereocenters. The van der Waals surface area contributed by atoms with Gasteiger partial charge in [0.15, 0.2) is 26.3 Å². The summed E-state index contributed by atoms with van der Waals surface area (Å²) in [5.74, 6) is -1.83. The van der Waals surface area contributed by atoms with Crippen LogP contribution in [-0.4, -0.2) is 117 Å². The minimum atomic E-state index is -3.01. The van der Waals surface area contributed by atoms with Crippen molar-refractivity contribution in [3.8, 4) is 0 Å². The molecule has 0 aromatic heterocycles. The van der Waals surface area contributed by atoms with Crippen molar-refractivity contribution in [1.29, 1.82) is 0 Å². The van der Waals surface area contributed by atoms with Gasteiger partial charge in [0.25, 0.3) is 11.8 Å². The maximum absolute atomic E-state index is 14.7. The van der Waals surface area contributed by atoms with Crippen LogP contribution in [0.4, 0.5) is 11.4 Å². The standard InChI is InChI=1S/C34H45N3O11Si/c1-18-30(49(2,3)46)24(15-25(39)36-13-7-10-21(36)17-38)48-34(18)22-11-4-5-12-23(22)37(33(34)45)16-19-8-6-9-20(14-19)35-31(43)29-27(41)26(40)28(42)32(44)47-29/h4-6,8-9,11-12,14,18,21,24,26-30,32,38,40-42,44,46H,7,10,13,15-17H2,1-3H3,(H,35,43)/t18-,21-,24+,26-,27-,28+,29-,30-,32+,34+/m0/s1. The Morgan fingerprint density at radius 1 is 1.04 bits per heavy atom. The first-order valence-electron chi connectivity index (χ1n) is 16.7. The van der Waals surface area contributed by atoms with Crippen molar-refractivity contribution in [2.45, 2.75) is 99.8 Å². The van der Waals surface area contributed by atoms with Crippen LogP contribution in [0.25, 0.3) is 0 Å². The van der Waals surface area contributed by atoms with E-state index in [9.17, 15) is 44.7 Å². The number of hydrogen-bond donors (Lipinski definition) is 7. The predicted molar refractivity (Wildman–Crippen MR) is 177 cm³/mol. The van der Waals surface area contributed by atoms with E-state index in [1.54, 1.807) is 47.2 Å². The van der Waals surface area contributed by atoms with Gasteiger partial charge in [-0.3, -0.25) is 14.4 Å². The molecule has 4 heterocycles. The number of hydrogen-bond acceptors (Lipinski definition) is 11. The quantitative estimate of drug-likeness (QED) is 0.184. The maximum Gasteiger partial charge on any atom is 0.264 e. The van der Waals surface area contributed by atoms with Crippen LogP contribution in [0.2, 0.25) is 18.6 Å². The van der Waals surface area contributed by atoms with Gasteiger partial charge in [0.2, 0.25) is 5.91 Å². The smallest absolute Gasteiger partial charge is 0.264 e. The molecule has 266 valence electrons. The molecule has 2 aromatic carbocycles. The molecule has 4 aliphatic rings. The Balaban J connectivity index is 1.25. The first kappa shape index (κ1) is 35.6. The highest BCUT2D eigenvalue weighted by molar-refractivity contribution is 6.71. The number of carbonyl (C=O) groups is 3. The number of nitrogens with zero attached hydrogens (tertiary/aromatic N) is 2. The lowest BCUT2D eigenvalue weighted by Crippen LogP contribution is -2.60. The summed E-state index contributed by atoms with van der Waals surface area (Å²) in [5, 5.41) is 52.3. The fourth-order valence-electron chi connectivity index (χ4n) is 8.25. The van der Waals surface area contributed by atoms with Gasteiger partial charge in [0, 0.05) is 29.3 Å². The van der Waals surface area contributed by atoms with Gasteiger partial charge < -0.3 is 54.9 Å². The average molecular weight is 700 g/mol. The first-order chi connectivity index (χ1) is 23.2. The highest BCUT2D eigenvalue weighted by Gasteiger charge is 2.66. The Bertz CT molecular complexity index is 1590. The second kappa shape index (κ2) is 13.5. The number of ether oxygens (including phenoxy) is 2. The number of anilines is 2. The molecule has 0 aliphatic carbocycles. The van der Waals surface area contributed by atoms with Gasteiger partial charge in [0.05, 0.1) is 37.4 Å². The van der Waals surface area contributed by atoms with Crippen molar-refractivity contribution in [3.63, 3.8) is 0 Å². The van der Waals surface area contributed by atoms with Crippen LogP contribution >= 0.6 is 0 Å². The molecular weight excluding hydrogens is 654 g/mol. The molecule has 6 rings (SSSR count). The number of likely N-dealkylation sites (tertiary alicyclic amines) is 1. The number of benzene rings is 2. The van der Waals surface area contributed by atoms with Crippen LogP contribution in [0.1, 0.15) is 37.3 Å². The maximum atomic E-state index is 14.7. The van der Waals surface area contributed by atoms with E-state index < -0.39 is 68.1 Å². The van der Waals surface area contributed by atoms with Crippen molar-refractivity contribution in [2.75, 3.05) is 23.4 Å². The molecule has 7 N–H and O–H groups in total. The topological polar surface area (TPSA) is 210 Å². The minimum Gasteiger partial charge on any atom is -0.432 e. The number of para-hydroxylation sites is 1. The van der Waals surface area contributed by atoms with E-state index >= 15 is 0 Å². The molecule has 0 bridgehead atoms. The lowest BCUT2D eigenvalue weighted by molar-refractivity contribution is -0.274. The van der Waals surface area contributed by atoms with Gasteiger partial charge in [-0.1, -0.05) is 37.3 Å². The summed E-state index contributed by atoms with van der Waals surface area (Å²) < 4.78 is 11.8. The lowest BCUT2D eigenvalue weighted by atomic mass is 9.82. The molecule has 49 heavy (non-hydrogen) atoms. The number of carbonyl (C=O) groups excluding carboxylic acids is 3. The van der Waals surface area contributed by atoms with Crippen molar-refractivity contribution in [3.05, 3.63) is 59.7 Å². The zero-order chi connectivity index (χ0) is 35.4. The fraction of sp³-hybridized carbons (Fsp3) is 0.559. The van der Waals surface area contributed by atoms with E-state index in [0.29, 0.717) is 29.0 Å². The van der Waals surface area contributed by atoms with Crippen molar-refractivity contribution < 1.29 is 54.2 Å². The number of rotatable bonds is 8. The molecule has 15 heteroatoms. The van der Waals surface area contributed by atoms with Gasteiger partial charge in [-0.15, -0.1) is 0 Å². The number of nitrogens with one attached hydrogen (secondary N) is 1. The van der Waals surface area contributed by atoms with E-state index in [4.69, 9.17) is 9.47 Å². The summed E-state index contributed by atoms with van der Waals surface area (Å²) in [7, 11) is -3.01. The third-order valence-corrected chi connectivity index (χ3v) is 13.1. The molecule has 0 unspecified atom stereocenters. The summed E-state index contributed by atoms with van der Waals surface area (Å²) in [4.78, 5) is 56.0. The third kappa shape index (κ3) is 6.21. The van der Waals surface area contributed by atoms with Crippen LogP contribution in [-0.2, 0) is 36.0 Å². The van der Waals surface area contributed by atoms with Crippen LogP contribution in [0.3, 0.4) is 0 Å². The second-order valence-electron chi connectivity index (χ2n) is 14.1. The summed E-state index contributed by atoms with van der Waals surface area (Å²) in [6.07, 6.45) is -8.12. The molecule has 4 aliphatic heterocycles. The molecule has 2 aromatic rings. The van der Waals surface area contributed by atoms with E-state index in [1.807, 2.05) is 31.2 Å². The molecule has 14 nitrogen and oxygen atoms in total. The largest absolute Gasteiger partial charge is 0.432 e. The summed E-state index contributed by atoms with van der Waals surface area (Å²) in [5.41, 5.74) is 0.298. The van der Waals surface area contributed by atoms with E-state index in [1.165, 1.54) is 0 Å². The molecule has 3 amide bonds. The summed E-state index contributed by atoms with van der Waals surface area (Å²) in [6.45, 7) is 5.99. The molecule has 0 saturated carbocycles. The average Bonchev–Trinajstić information content (AvgIpc) is 3.72. The second-order valence-corrected chi connectivity index (χ2v) is 18.1. The Morgan fingerprint density at radius 2 is 1.78 bits per heavy atom. The number of fused-ring (bicyclic) bond motifs is 2. The van der Waals surface area contributed by atoms with Gasteiger partial charge in [-0.05, 0) is 49.7 Å². The molecular formula is C34H45N3O11Si. The normalized spacial score (nSPS) is 34.5. The van der Waals surface area contributed by atoms with Gasteiger partial charge in [0.1, 0.15) is 18.3 Å². The Kier molecular flexibility index (Phi) is 9.77. The zero-order valence-electron chi connectivity index (χ0n) is 27.7. The SMILES string of the molecule is C[C@H]1[C@H]([Si](C)(C)O)[C@@H](CC(=O)N2CCC[C@H]2CO)O[C@]12C(=O)N(Cc1cccc(NC(=O)[C@H]3O[C@@H](O)[C@H](O)[C@@H](O)[C@@H]3O)c1)c1ccccc12. The van der Waals surface area contributed by atoms with E-state index in [0.717, 1.165) is 12.8 Å². The van der Waals surface area contributed by atoms with Crippen LogP contribution in [0.15, 0.2) is 48.5 Å². The van der Waals surface area contributed by atoms with Crippen molar-refractivity contribution in [1.82, 2.24) is 4.90 Å². The summed E-state index contributed by atoms with van der Waals surface area (Å²) in [6, 6.07) is 13.7. The van der Waals surface area contributed by atoms with Gasteiger partial charge in [-0.2, -0.15) is 0 Å². The monoisotopic (exact) mass is 699 g/mol. The molecule has 3 saturated heterocycles. The molecule has 3 fully saturated rings. The number of amides is 3. The molecule has 0 radical (unpaired) electrons. The summed E-state index contributed by atoms with van der Waals surface area (Å²) >= 11 is 0. The van der Waals surface area contributed by atoms with E-state index in [2.05, 4.69) is 5.32 Å². The highest BCUT2D eigenvalue weighted by Crippen LogP contribution is 2.59. The minimum absolute atomic E-state index is 0.0200. The Labute approximate surface area is 285 Å². The predicted octanol–water partition coefficient (Wildman–Crippen LogP) is 0.143. The zero-order valence-corrected chi connectivity index (χ0v) is 28.7. The lowest BCUT2D eigenvalue weighted by Gasteiger charge is -2.37. The Morgan fingerprint density at radius 3 is 2.49 bits per heavy atom. The van der Waals surface area contributed by atoms with E-state index in [-0.39, 0.29) is 37.4 Å².